The summed E-state index contributed by atoms with van der Waals surface area (Å²) < 4.78 is 5.27. The normalized spacial score (nSPS) is 22.1. The second kappa shape index (κ2) is 3.30. The highest BCUT2D eigenvalue weighted by molar-refractivity contribution is 5.39. The zero-order valence-electron chi connectivity index (χ0n) is 7.66. The smallest absolute Gasteiger partial charge is 0.134 e. The zero-order valence-corrected chi connectivity index (χ0v) is 7.66. The molecule has 0 amide bonds. The van der Waals surface area contributed by atoms with Gasteiger partial charge in [0.2, 0.25) is 0 Å². The second-order valence-electron chi connectivity index (χ2n) is 3.33. The number of anilines is 1. The summed E-state index contributed by atoms with van der Waals surface area (Å²) in [6.07, 6.45) is 2.69. The number of aromatic nitrogens is 2. The Morgan fingerprint density at radius 3 is 3.08 bits per heavy atom. The van der Waals surface area contributed by atoms with Crippen molar-refractivity contribution in [1.82, 2.24) is 9.97 Å². The predicted octanol–water partition coefficient (Wildman–Crippen LogP) is 0.871. The molecule has 4 nitrogen and oxygen atoms in total. The number of rotatable bonds is 1. The van der Waals surface area contributed by atoms with E-state index in [0.29, 0.717) is 11.6 Å². The molecule has 0 radical (unpaired) electrons. The molecule has 2 heterocycles. The molecule has 70 valence electrons. The van der Waals surface area contributed by atoms with Crippen molar-refractivity contribution in [3.05, 3.63) is 17.7 Å². The third kappa shape index (κ3) is 1.62. The summed E-state index contributed by atoms with van der Waals surface area (Å²) in [5.74, 6) is 1.23. The lowest BCUT2D eigenvalue weighted by Crippen LogP contribution is -2.06. The van der Waals surface area contributed by atoms with E-state index in [0.717, 1.165) is 31.2 Å². The van der Waals surface area contributed by atoms with Gasteiger partial charge in [0.1, 0.15) is 5.82 Å². The SMILES string of the molecule is Cc1nc(C2CCOC2)ncc1N. The van der Waals surface area contributed by atoms with E-state index in [1.54, 1.807) is 6.20 Å². The van der Waals surface area contributed by atoms with E-state index < -0.39 is 0 Å². The van der Waals surface area contributed by atoms with Gasteiger partial charge in [0.15, 0.2) is 0 Å². The van der Waals surface area contributed by atoms with E-state index in [2.05, 4.69) is 9.97 Å². The van der Waals surface area contributed by atoms with Crippen molar-refractivity contribution in [3.63, 3.8) is 0 Å². The van der Waals surface area contributed by atoms with Crippen molar-refractivity contribution in [2.45, 2.75) is 19.3 Å². The molecule has 2 rings (SSSR count). The Bertz CT molecular complexity index is 308. The maximum absolute atomic E-state index is 5.63. The largest absolute Gasteiger partial charge is 0.396 e. The van der Waals surface area contributed by atoms with Gasteiger partial charge < -0.3 is 10.5 Å². The highest BCUT2D eigenvalue weighted by Crippen LogP contribution is 2.22. The molecule has 1 aliphatic rings. The maximum Gasteiger partial charge on any atom is 0.134 e. The van der Waals surface area contributed by atoms with Crippen molar-refractivity contribution >= 4 is 5.69 Å². The lowest BCUT2D eigenvalue weighted by atomic mass is 10.1. The third-order valence-corrected chi connectivity index (χ3v) is 2.33. The lowest BCUT2D eigenvalue weighted by Gasteiger charge is -2.07. The summed E-state index contributed by atoms with van der Waals surface area (Å²) in [6.45, 7) is 3.46. The first-order chi connectivity index (χ1) is 6.27. The Morgan fingerprint density at radius 2 is 2.46 bits per heavy atom. The average Bonchev–Trinajstić information content (AvgIpc) is 2.62. The van der Waals surface area contributed by atoms with Crippen LogP contribution in [0.3, 0.4) is 0 Å². The van der Waals surface area contributed by atoms with Gasteiger partial charge in [-0.25, -0.2) is 9.97 Å². The van der Waals surface area contributed by atoms with Crippen LogP contribution in [0.25, 0.3) is 0 Å². The van der Waals surface area contributed by atoms with Crippen molar-refractivity contribution in [2.75, 3.05) is 18.9 Å². The van der Waals surface area contributed by atoms with Crippen LogP contribution < -0.4 is 5.73 Å². The number of ether oxygens (including phenoxy) is 1. The lowest BCUT2D eigenvalue weighted by molar-refractivity contribution is 0.193. The number of nitrogen functional groups attached to an aromatic ring is 1. The van der Waals surface area contributed by atoms with Gasteiger partial charge in [0.05, 0.1) is 24.2 Å². The molecular formula is C9H13N3O. The van der Waals surface area contributed by atoms with Gasteiger partial charge in [-0.3, -0.25) is 0 Å². The van der Waals surface area contributed by atoms with Crippen molar-refractivity contribution in [2.24, 2.45) is 0 Å². The summed E-state index contributed by atoms with van der Waals surface area (Å²) in [6, 6.07) is 0. The summed E-state index contributed by atoms with van der Waals surface area (Å²) >= 11 is 0. The van der Waals surface area contributed by atoms with E-state index in [1.165, 1.54) is 0 Å². The van der Waals surface area contributed by atoms with E-state index in [9.17, 15) is 0 Å². The fourth-order valence-corrected chi connectivity index (χ4v) is 1.43. The number of hydrogen-bond donors (Lipinski definition) is 1. The maximum atomic E-state index is 5.63. The van der Waals surface area contributed by atoms with Crippen molar-refractivity contribution in [1.29, 1.82) is 0 Å². The fraction of sp³-hybridized carbons (Fsp3) is 0.556. The third-order valence-electron chi connectivity index (χ3n) is 2.33. The van der Waals surface area contributed by atoms with Crippen molar-refractivity contribution < 1.29 is 4.74 Å². The highest BCUT2D eigenvalue weighted by Gasteiger charge is 2.20. The van der Waals surface area contributed by atoms with Crippen LogP contribution in [0.15, 0.2) is 6.20 Å². The van der Waals surface area contributed by atoms with Crippen LogP contribution in [0, 0.1) is 6.92 Å². The first-order valence-corrected chi connectivity index (χ1v) is 4.44. The number of nitrogens with zero attached hydrogens (tertiary/aromatic N) is 2. The molecule has 0 aliphatic carbocycles. The summed E-state index contributed by atoms with van der Waals surface area (Å²) in [4.78, 5) is 8.54. The summed E-state index contributed by atoms with van der Waals surface area (Å²) in [5.41, 5.74) is 7.14. The van der Waals surface area contributed by atoms with Crippen molar-refractivity contribution in [3.8, 4) is 0 Å². The van der Waals surface area contributed by atoms with Crippen LogP contribution in [-0.2, 0) is 4.74 Å². The predicted molar refractivity (Wildman–Crippen MR) is 49.4 cm³/mol. The van der Waals surface area contributed by atoms with Gasteiger partial charge in [-0.2, -0.15) is 0 Å². The number of nitrogens with two attached hydrogens (primary N) is 1. The van der Waals surface area contributed by atoms with E-state index >= 15 is 0 Å². The Balaban J connectivity index is 2.25. The molecule has 1 aliphatic heterocycles. The quantitative estimate of drug-likeness (QED) is 0.695. The van der Waals surface area contributed by atoms with Gasteiger partial charge in [-0.15, -0.1) is 0 Å². The van der Waals surface area contributed by atoms with Gasteiger partial charge in [-0.1, -0.05) is 0 Å². The molecular weight excluding hydrogens is 166 g/mol. The van der Waals surface area contributed by atoms with Gasteiger partial charge >= 0.3 is 0 Å². The molecule has 2 N–H and O–H groups in total. The van der Waals surface area contributed by atoms with Gasteiger partial charge in [-0.05, 0) is 13.3 Å². The molecule has 1 atom stereocenters. The number of hydrogen-bond acceptors (Lipinski definition) is 4. The topological polar surface area (TPSA) is 61.0 Å². The molecule has 0 aromatic carbocycles. The zero-order chi connectivity index (χ0) is 9.26. The highest BCUT2D eigenvalue weighted by atomic mass is 16.5. The standard InChI is InChI=1S/C9H13N3O/c1-6-8(10)4-11-9(12-6)7-2-3-13-5-7/h4,7H,2-3,5,10H2,1H3. The Hall–Kier alpha value is -1.16. The molecule has 0 spiro atoms. The van der Waals surface area contributed by atoms with Crippen LogP contribution >= 0.6 is 0 Å². The van der Waals surface area contributed by atoms with Crippen LogP contribution in [0.4, 0.5) is 5.69 Å². The van der Waals surface area contributed by atoms with E-state index in [4.69, 9.17) is 10.5 Å². The molecule has 1 aromatic heterocycles. The first-order valence-electron chi connectivity index (χ1n) is 4.44. The minimum absolute atomic E-state index is 0.360. The van der Waals surface area contributed by atoms with Gasteiger partial charge in [0, 0.05) is 12.5 Å². The first kappa shape index (κ1) is 8.44. The Morgan fingerprint density at radius 1 is 1.62 bits per heavy atom. The molecule has 0 saturated carbocycles. The van der Waals surface area contributed by atoms with Crippen LogP contribution in [0.1, 0.15) is 23.9 Å². The average molecular weight is 179 g/mol. The molecule has 0 bridgehead atoms. The van der Waals surface area contributed by atoms with Crippen LogP contribution in [-0.4, -0.2) is 23.2 Å². The fourth-order valence-electron chi connectivity index (χ4n) is 1.43. The van der Waals surface area contributed by atoms with E-state index in [-0.39, 0.29) is 0 Å². The van der Waals surface area contributed by atoms with Crippen LogP contribution in [0.2, 0.25) is 0 Å². The monoisotopic (exact) mass is 179 g/mol. The number of aryl methyl sites for hydroxylation is 1. The molecule has 4 heteroatoms. The Kier molecular flexibility index (Phi) is 2.14. The minimum atomic E-state index is 0.360. The minimum Gasteiger partial charge on any atom is -0.396 e. The molecule has 1 fully saturated rings. The van der Waals surface area contributed by atoms with E-state index in [1.807, 2.05) is 6.92 Å². The molecule has 1 saturated heterocycles. The molecule has 13 heavy (non-hydrogen) atoms. The summed E-state index contributed by atoms with van der Waals surface area (Å²) in [7, 11) is 0. The molecule has 1 unspecified atom stereocenters. The van der Waals surface area contributed by atoms with Crippen LogP contribution in [0.5, 0.6) is 0 Å². The Labute approximate surface area is 77.1 Å². The second-order valence-corrected chi connectivity index (χ2v) is 3.33. The van der Waals surface area contributed by atoms with Gasteiger partial charge in [0.25, 0.3) is 0 Å². The molecule has 1 aromatic rings. The summed E-state index contributed by atoms with van der Waals surface area (Å²) in [5, 5.41) is 0.